The van der Waals surface area contributed by atoms with Crippen LogP contribution in [0.1, 0.15) is 49.0 Å². The molecule has 0 bridgehead atoms. The molecule has 1 saturated heterocycles. The molecule has 1 aromatic heterocycles. The fraction of sp³-hybridized carbons (Fsp3) is 0.526. The van der Waals surface area contributed by atoms with Crippen molar-refractivity contribution in [2.45, 2.75) is 38.5 Å². The number of nitrogens with one attached hydrogen (secondary N) is 2. The molecular weight excluding hydrogens is 316 g/mol. The minimum Gasteiger partial charge on any atom is -0.360 e. The van der Waals surface area contributed by atoms with Gasteiger partial charge in [-0.15, -0.1) is 0 Å². The molecule has 0 aromatic carbocycles. The molecular formula is C19H26N4O2. The van der Waals surface area contributed by atoms with Crippen LogP contribution in [0.4, 0.5) is 5.69 Å². The van der Waals surface area contributed by atoms with Crippen molar-refractivity contribution in [2.75, 3.05) is 31.1 Å². The fourth-order valence-corrected chi connectivity index (χ4v) is 3.33. The molecule has 0 radical (unpaired) electrons. The lowest BCUT2D eigenvalue weighted by Crippen LogP contribution is -2.47. The third-order valence-electron chi connectivity index (χ3n) is 4.75. The summed E-state index contributed by atoms with van der Waals surface area (Å²) >= 11 is 0. The predicted octanol–water partition coefficient (Wildman–Crippen LogP) is 2.03. The van der Waals surface area contributed by atoms with Gasteiger partial charge in [0.2, 0.25) is 5.91 Å². The van der Waals surface area contributed by atoms with Crippen LogP contribution in [0.2, 0.25) is 0 Å². The molecule has 0 atom stereocenters. The van der Waals surface area contributed by atoms with Crippen LogP contribution in [0.25, 0.3) is 0 Å². The zero-order chi connectivity index (χ0) is 17.5. The van der Waals surface area contributed by atoms with Crippen molar-refractivity contribution in [2.24, 2.45) is 0 Å². The van der Waals surface area contributed by atoms with Gasteiger partial charge in [0.05, 0.1) is 6.54 Å². The smallest absolute Gasteiger partial charge is 0.269 e. The zero-order valence-electron chi connectivity index (χ0n) is 14.6. The Morgan fingerprint density at radius 2 is 2.24 bits per heavy atom. The molecule has 6 nitrogen and oxygen atoms in total. The van der Waals surface area contributed by atoms with E-state index in [0.29, 0.717) is 25.3 Å². The molecule has 2 amide bonds. The normalized spacial score (nSPS) is 18.2. The first-order chi connectivity index (χ1) is 12.2. The van der Waals surface area contributed by atoms with Gasteiger partial charge in [0, 0.05) is 31.5 Å². The van der Waals surface area contributed by atoms with E-state index in [1.165, 1.54) is 24.8 Å². The molecule has 2 heterocycles. The number of rotatable bonds is 5. The van der Waals surface area contributed by atoms with Crippen molar-refractivity contribution < 1.29 is 9.59 Å². The second kappa shape index (κ2) is 8.65. The molecule has 2 aliphatic rings. The minimum absolute atomic E-state index is 0.00531. The maximum absolute atomic E-state index is 12.4. The van der Waals surface area contributed by atoms with Crippen LogP contribution >= 0.6 is 0 Å². The molecule has 6 heteroatoms. The lowest BCUT2D eigenvalue weighted by molar-refractivity contribution is -0.120. The third-order valence-corrected chi connectivity index (χ3v) is 4.75. The monoisotopic (exact) mass is 342 g/mol. The Morgan fingerprint density at radius 3 is 3.12 bits per heavy atom. The molecule has 1 aliphatic carbocycles. The summed E-state index contributed by atoms with van der Waals surface area (Å²) in [5.74, 6) is -0.150. The van der Waals surface area contributed by atoms with E-state index in [1.54, 1.807) is 12.3 Å². The molecule has 0 unspecified atom stereocenters. The van der Waals surface area contributed by atoms with Gasteiger partial charge in [0.1, 0.15) is 5.69 Å². The Balaban J connectivity index is 1.54. The summed E-state index contributed by atoms with van der Waals surface area (Å²) in [6.07, 6.45) is 11.0. The quantitative estimate of drug-likeness (QED) is 0.803. The number of hydrogen-bond acceptors (Lipinski definition) is 4. The molecule has 3 rings (SSSR count). The summed E-state index contributed by atoms with van der Waals surface area (Å²) in [6, 6.07) is 3.60. The Hall–Kier alpha value is -2.37. The van der Waals surface area contributed by atoms with Crippen LogP contribution in [-0.2, 0) is 4.79 Å². The number of aromatic nitrogens is 1. The average Bonchev–Trinajstić information content (AvgIpc) is 2.91. The largest absolute Gasteiger partial charge is 0.360 e. The lowest BCUT2D eigenvalue weighted by atomic mass is 10.1. The van der Waals surface area contributed by atoms with E-state index in [2.05, 4.69) is 21.7 Å². The van der Waals surface area contributed by atoms with E-state index in [9.17, 15) is 9.59 Å². The lowest BCUT2D eigenvalue weighted by Gasteiger charge is -2.28. The van der Waals surface area contributed by atoms with Crippen LogP contribution in [0.5, 0.6) is 0 Å². The number of allylic oxidation sites excluding steroid dienone is 1. The van der Waals surface area contributed by atoms with E-state index >= 15 is 0 Å². The van der Waals surface area contributed by atoms with Crippen molar-refractivity contribution >= 4 is 17.5 Å². The molecule has 1 aromatic rings. The molecule has 134 valence electrons. The molecule has 1 aliphatic heterocycles. The summed E-state index contributed by atoms with van der Waals surface area (Å²) in [4.78, 5) is 30.0. The summed E-state index contributed by atoms with van der Waals surface area (Å²) < 4.78 is 0. The van der Waals surface area contributed by atoms with Crippen LogP contribution in [0.3, 0.4) is 0 Å². The first-order valence-corrected chi connectivity index (χ1v) is 9.16. The number of carbonyl (C=O) groups is 2. The summed E-state index contributed by atoms with van der Waals surface area (Å²) in [5, 5.41) is 5.77. The second-order valence-electron chi connectivity index (χ2n) is 6.64. The first-order valence-electron chi connectivity index (χ1n) is 9.16. The molecule has 0 spiro atoms. The third kappa shape index (κ3) is 5.05. The molecule has 1 fully saturated rings. The molecule has 25 heavy (non-hydrogen) atoms. The Morgan fingerprint density at radius 1 is 1.32 bits per heavy atom. The van der Waals surface area contributed by atoms with E-state index in [-0.39, 0.29) is 11.8 Å². The van der Waals surface area contributed by atoms with E-state index in [1.807, 2.05) is 11.0 Å². The first kappa shape index (κ1) is 17.5. The Bertz CT molecular complexity index is 657. The van der Waals surface area contributed by atoms with Crippen LogP contribution < -0.4 is 15.5 Å². The highest BCUT2D eigenvalue weighted by molar-refractivity contribution is 5.93. The van der Waals surface area contributed by atoms with Gasteiger partial charge < -0.3 is 15.5 Å². The summed E-state index contributed by atoms with van der Waals surface area (Å²) in [5.41, 5.74) is 2.72. The van der Waals surface area contributed by atoms with Gasteiger partial charge in [0.25, 0.3) is 5.91 Å². The van der Waals surface area contributed by atoms with E-state index in [0.717, 1.165) is 31.5 Å². The number of amides is 2. The zero-order valence-corrected chi connectivity index (χ0v) is 14.6. The minimum atomic E-state index is -0.155. The number of piperazine rings is 1. The van der Waals surface area contributed by atoms with Crippen molar-refractivity contribution in [1.29, 1.82) is 0 Å². The maximum atomic E-state index is 12.4. The van der Waals surface area contributed by atoms with Gasteiger partial charge in [-0.25, -0.2) is 0 Å². The highest BCUT2D eigenvalue weighted by Gasteiger charge is 2.18. The number of pyridine rings is 1. The summed E-state index contributed by atoms with van der Waals surface area (Å²) in [7, 11) is 0. The second-order valence-corrected chi connectivity index (χ2v) is 6.64. The topological polar surface area (TPSA) is 74.3 Å². The van der Waals surface area contributed by atoms with Gasteiger partial charge in [-0.05, 0) is 44.2 Å². The Kier molecular flexibility index (Phi) is 6.04. The molecule has 2 N–H and O–H groups in total. The van der Waals surface area contributed by atoms with E-state index in [4.69, 9.17) is 0 Å². The standard InChI is InChI=1S/C19H26N4O2/c24-18-14-23(12-11-21-18)16-8-10-20-17(13-16)19(25)22-9-7-15-5-3-1-2-4-6-15/h5,8,10,13H,1-4,6-7,9,11-12,14H2,(H,21,24)(H,22,25). The summed E-state index contributed by atoms with van der Waals surface area (Å²) in [6.45, 7) is 2.32. The van der Waals surface area contributed by atoms with Gasteiger partial charge in [-0.1, -0.05) is 18.1 Å². The van der Waals surface area contributed by atoms with Crippen LogP contribution in [-0.4, -0.2) is 43.0 Å². The number of anilines is 1. The van der Waals surface area contributed by atoms with Crippen LogP contribution in [0.15, 0.2) is 30.0 Å². The van der Waals surface area contributed by atoms with Crippen molar-refractivity contribution in [3.63, 3.8) is 0 Å². The van der Waals surface area contributed by atoms with Crippen LogP contribution in [0, 0.1) is 0 Å². The molecule has 0 saturated carbocycles. The van der Waals surface area contributed by atoms with Gasteiger partial charge in [-0.3, -0.25) is 14.6 Å². The fourth-order valence-electron chi connectivity index (χ4n) is 3.33. The highest BCUT2D eigenvalue weighted by Crippen LogP contribution is 2.19. The van der Waals surface area contributed by atoms with Gasteiger partial charge in [-0.2, -0.15) is 0 Å². The number of nitrogens with zero attached hydrogens (tertiary/aromatic N) is 2. The van der Waals surface area contributed by atoms with E-state index < -0.39 is 0 Å². The Labute approximate surface area is 148 Å². The highest BCUT2D eigenvalue weighted by atomic mass is 16.2. The SMILES string of the molecule is O=C1CN(c2ccnc(C(=O)NCCC3=CCCCCC3)c2)CCN1. The van der Waals surface area contributed by atoms with Crippen molar-refractivity contribution in [1.82, 2.24) is 15.6 Å². The number of hydrogen-bond donors (Lipinski definition) is 2. The van der Waals surface area contributed by atoms with Gasteiger partial charge in [0.15, 0.2) is 0 Å². The van der Waals surface area contributed by atoms with Crippen molar-refractivity contribution in [3.8, 4) is 0 Å². The maximum Gasteiger partial charge on any atom is 0.269 e. The average molecular weight is 342 g/mol. The van der Waals surface area contributed by atoms with Gasteiger partial charge >= 0.3 is 0 Å². The van der Waals surface area contributed by atoms with Crippen molar-refractivity contribution in [3.05, 3.63) is 35.7 Å². The predicted molar refractivity (Wildman–Crippen MR) is 97.6 cm³/mol. The number of carbonyl (C=O) groups excluding carboxylic acids is 2.